The van der Waals surface area contributed by atoms with Crippen LogP contribution in [0.2, 0.25) is 10.0 Å². The lowest BCUT2D eigenvalue weighted by Gasteiger charge is -2.06. The lowest BCUT2D eigenvalue weighted by molar-refractivity contribution is -0.0980. The average Bonchev–Trinajstić information content (AvgIpc) is 3.68. The molecule has 0 aliphatic heterocycles. The molecule has 0 bridgehead atoms. The number of carbonyl (C=O) groups excluding carboxylic acids is 1. The number of hydrogen-bond donors (Lipinski definition) is 1. The molecule has 5 rings (SSSR count). The van der Waals surface area contributed by atoms with Gasteiger partial charge >= 0.3 is 0 Å². The SMILES string of the molecule is C#C.C=O.CC.Cc1cc(Cl)ccc1Cl.Cc1cnc(-c2cc(-c3ccon3)n(Cc3ccccc3F)n2)[nH]c1=O. The number of terminal acetylenes is 1. The number of hydrogen-bond acceptors (Lipinski definition) is 6. The lowest BCUT2D eigenvalue weighted by atomic mass is 10.2. The molecule has 11 heteroatoms. The van der Waals surface area contributed by atoms with Crippen LogP contribution in [0.4, 0.5) is 4.39 Å². The van der Waals surface area contributed by atoms with Crippen LogP contribution in [0.3, 0.4) is 0 Å². The zero-order valence-electron chi connectivity index (χ0n) is 23.1. The van der Waals surface area contributed by atoms with Crippen molar-refractivity contribution in [3.63, 3.8) is 0 Å². The van der Waals surface area contributed by atoms with Crippen molar-refractivity contribution in [1.82, 2.24) is 24.9 Å². The Morgan fingerprint density at radius 2 is 1.68 bits per heavy atom. The zero-order valence-corrected chi connectivity index (χ0v) is 24.6. The minimum Gasteiger partial charge on any atom is -0.364 e. The number of aromatic nitrogens is 5. The van der Waals surface area contributed by atoms with Gasteiger partial charge in [-0.3, -0.25) is 9.48 Å². The van der Waals surface area contributed by atoms with Crippen LogP contribution in [0.1, 0.15) is 30.5 Å². The van der Waals surface area contributed by atoms with E-state index in [0.29, 0.717) is 34.0 Å². The van der Waals surface area contributed by atoms with Gasteiger partial charge in [-0.15, -0.1) is 12.8 Å². The Kier molecular flexibility index (Phi) is 15.1. The van der Waals surface area contributed by atoms with E-state index in [1.165, 1.54) is 18.5 Å². The molecule has 1 N–H and O–H groups in total. The molecule has 2 aromatic carbocycles. The Labute approximate surface area is 248 Å². The number of nitrogens with zero attached hydrogens (tertiary/aromatic N) is 4. The van der Waals surface area contributed by atoms with E-state index >= 15 is 0 Å². The molecule has 5 aromatic rings. The smallest absolute Gasteiger partial charge is 0.254 e. The van der Waals surface area contributed by atoms with Crippen LogP contribution < -0.4 is 5.56 Å². The average molecular weight is 599 g/mol. The predicted molar refractivity (Wildman–Crippen MR) is 161 cm³/mol. The highest BCUT2D eigenvalue weighted by Gasteiger charge is 2.16. The van der Waals surface area contributed by atoms with Gasteiger partial charge in [-0.25, -0.2) is 9.37 Å². The fourth-order valence-electron chi connectivity index (χ4n) is 3.19. The number of nitrogens with one attached hydrogen (secondary N) is 1. The van der Waals surface area contributed by atoms with Crippen LogP contribution in [0, 0.1) is 32.5 Å². The van der Waals surface area contributed by atoms with Crippen LogP contribution >= 0.6 is 23.2 Å². The molecule has 0 spiro atoms. The van der Waals surface area contributed by atoms with Crippen molar-refractivity contribution in [2.24, 2.45) is 0 Å². The third-order valence-electron chi connectivity index (χ3n) is 5.10. The minimum atomic E-state index is -0.322. The van der Waals surface area contributed by atoms with Gasteiger partial charge in [-0.05, 0) is 49.7 Å². The van der Waals surface area contributed by atoms with E-state index in [2.05, 4.69) is 33.1 Å². The molecule has 0 aliphatic rings. The number of H-pyrrole nitrogens is 1. The summed E-state index contributed by atoms with van der Waals surface area (Å²) in [5.41, 5.74) is 3.41. The molecule has 3 aromatic heterocycles. The van der Waals surface area contributed by atoms with Gasteiger partial charge in [-0.1, -0.05) is 60.4 Å². The summed E-state index contributed by atoms with van der Waals surface area (Å²) in [5.74, 6) is 0.00940. The molecule has 0 saturated heterocycles. The Morgan fingerprint density at radius 1 is 1.00 bits per heavy atom. The second kappa shape index (κ2) is 17.9. The molecule has 0 saturated carbocycles. The van der Waals surface area contributed by atoms with Gasteiger partial charge in [0.1, 0.15) is 30.3 Å². The van der Waals surface area contributed by atoms with E-state index in [-0.39, 0.29) is 17.9 Å². The highest BCUT2D eigenvalue weighted by atomic mass is 35.5. The van der Waals surface area contributed by atoms with Crippen LogP contribution in [-0.4, -0.2) is 31.7 Å². The third-order valence-corrected chi connectivity index (χ3v) is 5.76. The number of aromatic amines is 1. The maximum Gasteiger partial charge on any atom is 0.254 e. The normalized spacial score (nSPS) is 9.39. The summed E-state index contributed by atoms with van der Waals surface area (Å²) in [6, 6.07) is 15.3. The monoisotopic (exact) mass is 597 g/mol. The summed E-state index contributed by atoms with van der Waals surface area (Å²) >= 11 is 11.4. The number of benzene rings is 2. The van der Waals surface area contributed by atoms with Crippen molar-refractivity contribution >= 4 is 30.0 Å². The van der Waals surface area contributed by atoms with E-state index in [0.717, 1.165) is 15.6 Å². The topological polar surface area (TPSA) is 107 Å². The largest absolute Gasteiger partial charge is 0.364 e. The number of carbonyl (C=O) groups is 1. The van der Waals surface area contributed by atoms with E-state index < -0.39 is 0 Å². The molecule has 0 unspecified atom stereocenters. The van der Waals surface area contributed by atoms with Crippen molar-refractivity contribution in [2.45, 2.75) is 34.2 Å². The Hall–Kier alpha value is -4.52. The Balaban J connectivity index is 0.000000470. The molecule has 0 aliphatic carbocycles. The van der Waals surface area contributed by atoms with E-state index in [1.54, 1.807) is 54.1 Å². The summed E-state index contributed by atoms with van der Waals surface area (Å²) in [6.07, 6.45) is 10.9. The third kappa shape index (κ3) is 9.87. The minimum absolute atomic E-state index is 0.199. The first kappa shape index (κ1) is 34.5. The van der Waals surface area contributed by atoms with Crippen molar-refractivity contribution < 1.29 is 13.7 Å². The zero-order chi connectivity index (χ0) is 30.9. The number of aryl methyl sites for hydroxylation is 2. The predicted octanol–water partition coefficient (Wildman–Crippen LogP) is 7.18. The van der Waals surface area contributed by atoms with Crippen molar-refractivity contribution in [1.29, 1.82) is 0 Å². The maximum absolute atomic E-state index is 14.0. The highest BCUT2D eigenvalue weighted by molar-refractivity contribution is 6.33. The number of halogens is 3. The van der Waals surface area contributed by atoms with Crippen molar-refractivity contribution in [3.8, 4) is 35.8 Å². The van der Waals surface area contributed by atoms with Gasteiger partial charge in [0.05, 0.1) is 12.2 Å². The summed E-state index contributed by atoms with van der Waals surface area (Å²) in [7, 11) is 0. The Morgan fingerprint density at radius 3 is 2.24 bits per heavy atom. The molecule has 214 valence electrons. The fourth-order valence-corrected chi connectivity index (χ4v) is 3.53. The Bertz CT molecular complexity index is 1580. The molecular formula is C30H30Cl2FN5O3. The van der Waals surface area contributed by atoms with Crippen molar-refractivity contribution in [2.75, 3.05) is 0 Å². The summed E-state index contributed by atoms with van der Waals surface area (Å²) in [6.45, 7) is 9.80. The van der Waals surface area contributed by atoms with Crippen LogP contribution in [0.15, 0.2) is 76.4 Å². The molecule has 0 atom stereocenters. The molecule has 8 nitrogen and oxygen atoms in total. The standard InChI is InChI=1S/C18H14FN5O2.C7H6Cl2.C2H6.C2H2.CH2O/c1-11-9-20-17(21-18(11)25)15-8-16(14-6-7-26-23-14)24(22-15)10-12-4-2-3-5-13(12)19;1-5-4-6(8)2-3-7(5)9;3*1-2/h2-9H,10H2,1H3,(H,20,21,25);2-4H,1H3;1-2H3;1-2H;1H2. The van der Waals surface area contributed by atoms with Crippen LogP contribution in [0.25, 0.3) is 22.9 Å². The highest BCUT2D eigenvalue weighted by Crippen LogP contribution is 2.24. The molecule has 0 fully saturated rings. The summed E-state index contributed by atoms with van der Waals surface area (Å²) < 4.78 is 20.6. The quantitative estimate of drug-likeness (QED) is 0.220. The molecule has 0 radical (unpaired) electrons. The van der Waals surface area contributed by atoms with E-state index in [1.807, 2.05) is 33.6 Å². The van der Waals surface area contributed by atoms with E-state index in [4.69, 9.17) is 32.5 Å². The van der Waals surface area contributed by atoms with Gasteiger partial charge in [0.15, 0.2) is 5.82 Å². The summed E-state index contributed by atoms with van der Waals surface area (Å²) in [5, 5.41) is 9.90. The number of rotatable bonds is 4. The van der Waals surface area contributed by atoms with Crippen molar-refractivity contribution in [3.05, 3.63) is 110 Å². The second-order valence-electron chi connectivity index (χ2n) is 7.69. The van der Waals surface area contributed by atoms with Gasteiger partial charge in [0, 0.05) is 33.4 Å². The maximum atomic E-state index is 14.0. The van der Waals surface area contributed by atoms with Gasteiger partial charge in [-0.2, -0.15) is 5.10 Å². The first-order valence-electron chi connectivity index (χ1n) is 12.1. The van der Waals surface area contributed by atoms with Gasteiger partial charge in [0.25, 0.3) is 5.56 Å². The molecular weight excluding hydrogens is 568 g/mol. The van der Waals surface area contributed by atoms with Crippen LogP contribution in [-0.2, 0) is 11.3 Å². The fraction of sp³-hybridized carbons (Fsp3) is 0.167. The van der Waals surface area contributed by atoms with E-state index in [9.17, 15) is 9.18 Å². The lowest BCUT2D eigenvalue weighted by Crippen LogP contribution is -2.11. The molecule has 41 heavy (non-hydrogen) atoms. The molecule has 3 heterocycles. The molecule has 0 amide bonds. The first-order valence-corrected chi connectivity index (χ1v) is 12.9. The summed E-state index contributed by atoms with van der Waals surface area (Å²) in [4.78, 5) is 26.8. The van der Waals surface area contributed by atoms with Crippen LogP contribution in [0.5, 0.6) is 0 Å². The second-order valence-corrected chi connectivity index (χ2v) is 8.53. The first-order chi connectivity index (χ1) is 19.8. The van der Waals surface area contributed by atoms with Gasteiger partial charge < -0.3 is 14.3 Å². The van der Waals surface area contributed by atoms with Gasteiger partial charge in [0.2, 0.25) is 0 Å².